The zero-order valence-electron chi connectivity index (χ0n) is 11.2. The van der Waals surface area contributed by atoms with Crippen molar-refractivity contribution in [3.63, 3.8) is 0 Å². The van der Waals surface area contributed by atoms with Crippen LogP contribution in [-0.2, 0) is 17.8 Å². The van der Waals surface area contributed by atoms with Crippen LogP contribution in [0.2, 0.25) is 0 Å². The molecule has 2 aromatic rings. The number of hydrogen-bond donors (Lipinski definition) is 3. The van der Waals surface area contributed by atoms with Crippen LogP contribution in [-0.4, -0.2) is 16.2 Å². The second-order valence-corrected chi connectivity index (χ2v) is 5.81. The summed E-state index contributed by atoms with van der Waals surface area (Å²) >= 11 is 1.49. The van der Waals surface area contributed by atoms with E-state index in [0.29, 0.717) is 6.54 Å². The maximum Gasteiger partial charge on any atom is 0.308 e. The summed E-state index contributed by atoms with van der Waals surface area (Å²) in [7, 11) is 0. The zero-order valence-corrected chi connectivity index (χ0v) is 12.0. The average Bonchev–Trinajstić information content (AvgIpc) is 2.83. The molecule has 5 heteroatoms. The number of aliphatic carboxylic acids is 1. The normalized spacial score (nSPS) is 12.1. The fourth-order valence-electron chi connectivity index (χ4n) is 1.97. The van der Waals surface area contributed by atoms with E-state index in [-0.39, 0.29) is 6.42 Å². The van der Waals surface area contributed by atoms with Gasteiger partial charge in [0.1, 0.15) is 0 Å². The number of carboxylic acid groups (broad SMARTS) is 1. The van der Waals surface area contributed by atoms with E-state index in [2.05, 4.69) is 5.32 Å². The molecule has 0 spiro atoms. The van der Waals surface area contributed by atoms with Crippen LogP contribution in [0, 0.1) is 0 Å². The minimum atomic E-state index is -0.814. The Morgan fingerprint density at radius 1 is 1.25 bits per heavy atom. The van der Waals surface area contributed by atoms with Crippen LogP contribution in [0.3, 0.4) is 0 Å². The van der Waals surface area contributed by atoms with Gasteiger partial charge >= 0.3 is 5.97 Å². The van der Waals surface area contributed by atoms with Crippen molar-refractivity contribution in [1.82, 2.24) is 0 Å². The lowest BCUT2D eigenvalue weighted by Crippen LogP contribution is -2.03. The second-order valence-electron chi connectivity index (χ2n) is 4.56. The molecule has 106 valence electrons. The van der Waals surface area contributed by atoms with Crippen molar-refractivity contribution in [2.75, 3.05) is 5.32 Å². The molecule has 0 aliphatic heterocycles. The van der Waals surface area contributed by atoms with E-state index in [1.54, 1.807) is 6.92 Å². The SMILES string of the molecule is CC(O)c1ccccc1NCc1ccc(CC(=O)O)s1. The Labute approximate surface area is 121 Å². The third kappa shape index (κ3) is 3.82. The molecule has 0 saturated heterocycles. The molecule has 1 heterocycles. The molecule has 0 radical (unpaired) electrons. The van der Waals surface area contributed by atoms with Gasteiger partial charge in [-0.1, -0.05) is 18.2 Å². The van der Waals surface area contributed by atoms with Gasteiger partial charge in [-0.05, 0) is 25.1 Å². The van der Waals surface area contributed by atoms with E-state index < -0.39 is 12.1 Å². The van der Waals surface area contributed by atoms with Crippen molar-refractivity contribution in [1.29, 1.82) is 0 Å². The Kier molecular flexibility index (Phi) is 4.76. The van der Waals surface area contributed by atoms with E-state index in [1.807, 2.05) is 36.4 Å². The van der Waals surface area contributed by atoms with Gasteiger partial charge in [0.25, 0.3) is 0 Å². The highest BCUT2D eigenvalue weighted by molar-refractivity contribution is 7.12. The van der Waals surface area contributed by atoms with Gasteiger partial charge < -0.3 is 15.5 Å². The lowest BCUT2D eigenvalue weighted by atomic mass is 10.1. The van der Waals surface area contributed by atoms with Crippen molar-refractivity contribution in [3.8, 4) is 0 Å². The maximum atomic E-state index is 10.6. The van der Waals surface area contributed by atoms with Gasteiger partial charge in [0.2, 0.25) is 0 Å². The maximum absolute atomic E-state index is 10.6. The first-order valence-electron chi connectivity index (χ1n) is 6.36. The molecular formula is C15H17NO3S. The lowest BCUT2D eigenvalue weighted by molar-refractivity contribution is -0.136. The van der Waals surface area contributed by atoms with Crippen molar-refractivity contribution in [2.24, 2.45) is 0 Å². The van der Waals surface area contributed by atoms with E-state index in [4.69, 9.17) is 5.11 Å². The fourth-order valence-corrected chi connectivity index (χ4v) is 2.91. The molecule has 0 aliphatic rings. The first-order chi connectivity index (χ1) is 9.56. The van der Waals surface area contributed by atoms with Crippen LogP contribution < -0.4 is 5.32 Å². The van der Waals surface area contributed by atoms with E-state index in [0.717, 1.165) is 21.0 Å². The van der Waals surface area contributed by atoms with E-state index in [1.165, 1.54) is 11.3 Å². The molecule has 1 aromatic carbocycles. The van der Waals surface area contributed by atoms with Crippen LogP contribution in [0.15, 0.2) is 36.4 Å². The van der Waals surface area contributed by atoms with Crippen LogP contribution in [0.5, 0.6) is 0 Å². The Hall–Kier alpha value is -1.85. The number of carbonyl (C=O) groups is 1. The van der Waals surface area contributed by atoms with Gasteiger partial charge in [-0.25, -0.2) is 0 Å². The molecule has 20 heavy (non-hydrogen) atoms. The van der Waals surface area contributed by atoms with E-state index >= 15 is 0 Å². The highest BCUT2D eigenvalue weighted by atomic mass is 32.1. The highest BCUT2D eigenvalue weighted by Crippen LogP contribution is 2.24. The number of para-hydroxylation sites is 1. The largest absolute Gasteiger partial charge is 0.481 e. The lowest BCUT2D eigenvalue weighted by Gasteiger charge is -2.13. The van der Waals surface area contributed by atoms with Crippen LogP contribution in [0.25, 0.3) is 0 Å². The first-order valence-corrected chi connectivity index (χ1v) is 7.18. The second kappa shape index (κ2) is 6.54. The number of benzene rings is 1. The Balaban J connectivity index is 2.02. The Morgan fingerprint density at radius 3 is 2.65 bits per heavy atom. The van der Waals surface area contributed by atoms with E-state index in [9.17, 15) is 9.90 Å². The van der Waals surface area contributed by atoms with Crippen LogP contribution in [0.4, 0.5) is 5.69 Å². The molecule has 2 rings (SSSR count). The quantitative estimate of drug-likeness (QED) is 0.765. The molecule has 0 saturated carbocycles. The van der Waals surface area contributed by atoms with Crippen molar-refractivity contribution >= 4 is 23.0 Å². The topological polar surface area (TPSA) is 69.6 Å². The molecule has 0 amide bonds. The van der Waals surface area contributed by atoms with Crippen molar-refractivity contribution in [3.05, 3.63) is 51.7 Å². The number of anilines is 1. The van der Waals surface area contributed by atoms with Gasteiger partial charge in [-0.15, -0.1) is 11.3 Å². The highest BCUT2D eigenvalue weighted by Gasteiger charge is 2.08. The van der Waals surface area contributed by atoms with Crippen molar-refractivity contribution < 1.29 is 15.0 Å². The van der Waals surface area contributed by atoms with Gasteiger partial charge in [0.15, 0.2) is 0 Å². The molecule has 4 nitrogen and oxygen atoms in total. The van der Waals surface area contributed by atoms with Gasteiger partial charge in [-0.3, -0.25) is 4.79 Å². The molecule has 1 atom stereocenters. The molecule has 0 bridgehead atoms. The summed E-state index contributed by atoms with van der Waals surface area (Å²) in [5, 5.41) is 21.7. The minimum Gasteiger partial charge on any atom is -0.481 e. The predicted molar refractivity (Wildman–Crippen MR) is 80.1 cm³/mol. The summed E-state index contributed by atoms with van der Waals surface area (Å²) < 4.78 is 0. The van der Waals surface area contributed by atoms with Gasteiger partial charge in [-0.2, -0.15) is 0 Å². The molecule has 0 aliphatic carbocycles. The standard InChI is InChI=1S/C15H17NO3S/c1-10(17)13-4-2-3-5-14(13)16-9-12-7-6-11(20-12)8-15(18)19/h2-7,10,16-17H,8-9H2,1H3,(H,18,19). The van der Waals surface area contributed by atoms with Crippen LogP contribution in [0.1, 0.15) is 28.3 Å². The summed E-state index contributed by atoms with van der Waals surface area (Å²) in [5.74, 6) is -0.814. The Bertz CT molecular complexity index is 592. The molecule has 0 fully saturated rings. The summed E-state index contributed by atoms with van der Waals surface area (Å²) in [4.78, 5) is 12.6. The third-order valence-electron chi connectivity index (χ3n) is 2.91. The van der Waals surface area contributed by atoms with Crippen LogP contribution >= 0.6 is 11.3 Å². The smallest absolute Gasteiger partial charge is 0.308 e. The van der Waals surface area contributed by atoms with Crippen molar-refractivity contribution in [2.45, 2.75) is 26.0 Å². The number of aliphatic hydroxyl groups is 1. The molecular weight excluding hydrogens is 274 g/mol. The number of rotatable bonds is 6. The first kappa shape index (κ1) is 14.6. The monoisotopic (exact) mass is 291 g/mol. The number of hydrogen-bond acceptors (Lipinski definition) is 4. The predicted octanol–water partition coefficient (Wildman–Crippen LogP) is 3.04. The minimum absolute atomic E-state index is 0.0644. The number of aliphatic hydroxyl groups excluding tert-OH is 1. The summed E-state index contributed by atoms with van der Waals surface area (Å²) in [6.45, 7) is 2.35. The average molecular weight is 291 g/mol. The molecule has 1 unspecified atom stereocenters. The molecule has 3 N–H and O–H groups in total. The zero-order chi connectivity index (χ0) is 14.5. The summed E-state index contributed by atoms with van der Waals surface area (Å²) in [6, 6.07) is 11.4. The number of carboxylic acids is 1. The van der Waals surface area contributed by atoms with Gasteiger partial charge in [0.05, 0.1) is 12.5 Å². The fraction of sp³-hybridized carbons (Fsp3) is 0.267. The Morgan fingerprint density at radius 2 is 1.95 bits per heavy atom. The number of nitrogens with one attached hydrogen (secondary N) is 1. The van der Waals surface area contributed by atoms with Gasteiger partial charge in [0, 0.05) is 27.5 Å². The molecule has 1 aromatic heterocycles. The summed E-state index contributed by atoms with van der Waals surface area (Å²) in [5.41, 5.74) is 1.76. The number of thiophene rings is 1. The third-order valence-corrected chi connectivity index (χ3v) is 3.99. The summed E-state index contributed by atoms with van der Waals surface area (Å²) in [6.07, 6.45) is -0.459.